The van der Waals surface area contributed by atoms with Gasteiger partial charge in [-0.2, -0.15) is 10.4 Å². The van der Waals surface area contributed by atoms with Gasteiger partial charge in [0.05, 0.1) is 6.21 Å². The number of nitriles is 1. The lowest BCUT2D eigenvalue weighted by atomic mass is 10.2. The summed E-state index contributed by atoms with van der Waals surface area (Å²) < 4.78 is 10.9. The highest BCUT2D eigenvalue weighted by Crippen LogP contribution is 2.23. The van der Waals surface area contributed by atoms with Gasteiger partial charge in [0.25, 0.3) is 5.88 Å². The second kappa shape index (κ2) is 6.38. The lowest BCUT2D eigenvalue weighted by Gasteiger charge is -1.96. The molecule has 3 rings (SSSR count). The zero-order chi connectivity index (χ0) is 16.2. The van der Waals surface area contributed by atoms with Gasteiger partial charge in [-0.05, 0) is 36.4 Å². The minimum atomic E-state index is 0.154. The second-order valence-corrected chi connectivity index (χ2v) is 5.04. The summed E-state index contributed by atoms with van der Waals surface area (Å²) in [5, 5.41) is 13.6. The number of nitrogens with one attached hydrogen (secondary N) is 1. The van der Waals surface area contributed by atoms with Crippen LogP contribution in [-0.4, -0.2) is 11.2 Å². The van der Waals surface area contributed by atoms with Crippen molar-refractivity contribution >= 4 is 23.7 Å². The van der Waals surface area contributed by atoms with E-state index in [1.165, 1.54) is 6.21 Å². The molecule has 1 aromatic carbocycles. The van der Waals surface area contributed by atoms with Crippen molar-refractivity contribution in [1.29, 1.82) is 5.26 Å². The molecular formula is C16H11ClN4O2. The maximum atomic E-state index is 8.90. The molecule has 0 saturated heterocycles. The third kappa shape index (κ3) is 3.42. The van der Waals surface area contributed by atoms with E-state index in [-0.39, 0.29) is 11.6 Å². The van der Waals surface area contributed by atoms with E-state index >= 15 is 0 Å². The molecule has 2 heterocycles. The van der Waals surface area contributed by atoms with E-state index in [9.17, 15) is 0 Å². The van der Waals surface area contributed by atoms with Gasteiger partial charge in [-0.3, -0.25) is 0 Å². The van der Waals surface area contributed by atoms with Gasteiger partial charge in [0.1, 0.15) is 17.6 Å². The minimum Gasteiger partial charge on any atom is -0.455 e. The lowest BCUT2D eigenvalue weighted by Crippen LogP contribution is -1.90. The van der Waals surface area contributed by atoms with Crippen LogP contribution in [-0.2, 0) is 0 Å². The Kier molecular flexibility index (Phi) is 4.13. The molecule has 23 heavy (non-hydrogen) atoms. The van der Waals surface area contributed by atoms with E-state index in [0.717, 1.165) is 5.56 Å². The standard InChI is InChI=1S/C16H11ClN4O2/c1-10-20-14(8-18)16(22-10)21-19-9-13-6-7-15(23-13)11-2-4-12(17)5-3-11/h2-7,9,21H,1H3. The van der Waals surface area contributed by atoms with Crippen molar-refractivity contribution in [2.24, 2.45) is 5.10 Å². The summed E-state index contributed by atoms with van der Waals surface area (Å²) in [5.41, 5.74) is 3.70. The number of halogens is 1. The van der Waals surface area contributed by atoms with Crippen LogP contribution in [0.25, 0.3) is 11.3 Å². The molecule has 0 atom stereocenters. The van der Waals surface area contributed by atoms with E-state index < -0.39 is 0 Å². The van der Waals surface area contributed by atoms with Crippen LogP contribution < -0.4 is 5.43 Å². The monoisotopic (exact) mass is 326 g/mol. The van der Waals surface area contributed by atoms with Crippen LogP contribution in [0.15, 0.2) is 50.3 Å². The molecular weight excluding hydrogens is 316 g/mol. The van der Waals surface area contributed by atoms with E-state index in [1.807, 2.05) is 24.3 Å². The summed E-state index contributed by atoms with van der Waals surface area (Å²) in [7, 11) is 0. The average molecular weight is 327 g/mol. The van der Waals surface area contributed by atoms with E-state index in [1.54, 1.807) is 25.1 Å². The Bertz CT molecular complexity index is 888. The van der Waals surface area contributed by atoms with Crippen molar-refractivity contribution in [1.82, 2.24) is 4.98 Å². The van der Waals surface area contributed by atoms with Crippen LogP contribution >= 0.6 is 11.6 Å². The van der Waals surface area contributed by atoms with Gasteiger partial charge in [0.2, 0.25) is 5.69 Å². The number of benzene rings is 1. The van der Waals surface area contributed by atoms with Gasteiger partial charge < -0.3 is 8.83 Å². The molecule has 0 aliphatic rings. The van der Waals surface area contributed by atoms with E-state index in [2.05, 4.69) is 15.5 Å². The number of rotatable bonds is 4. The average Bonchev–Trinajstić information content (AvgIpc) is 3.15. The number of aromatic nitrogens is 1. The van der Waals surface area contributed by atoms with Crippen molar-refractivity contribution in [2.45, 2.75) is 6.92 Å². The Morgan fingerprint density at radius 2 is 2.00 bits per heavy atom. The molecule has 0 saturated carbocycles. The van der Waals surface area contributed by atoms with Crippen molar-refractivity contribution in [3.63, 3.8) is 0 Å². The molecule has 0 aliphatic carbocycles. The predicted octanol–water partition coefficient (Wildman–Crippen LogP) is 4.21. The maximum absolute atomic E-state index is 8.90. The van der Waals surface area contributed by atoms with Gasteiger partial charge in [0.15, 0.2) is 5.89 Å². The zero-order valence-corrected chi connectivity index (χ0v) is 12.8. The number of aryl methyl sites for hydroxylation is 1. The van der Waals surface area contributed by atoms with Crippen LogP contribution in [0.2, 0.25) is 5.02 Å². The summed E-state index contributed by atoms with van der Waals surface area (Å²) >= 11 is 5.86. The Balaban J connectivity index is 1.71. The Labute approximate surface area is 137 Å². The van der Waals surface area contributed by atoms with Crippen LogP contribution in [0.1, 0.15) is 17.3 Å². The maximum Gasteiger partial charge on any atom is 0.252 e. The molecule has 3 aromatic rings. The molecule has 0 unspecified atom stereocenters. The Morgan fingerprint density at radius 1 is 1.22 bits per heavy atom. The van der Waals surface area contributed by atoms with Gasteiger partial charge in [-0.1, -0.05) is 11.6 Å². The molecule has 7 heteroatoms. The highest BCUT2D eigenvalue weighted by Gasteiger charge is 2.09. The number of anilines is 1. The first kappa shape index (κ1) is 14.9. The second-order valence-electron chi connectivity index (χ2n) is 4.60. The molecule has 2 aromatic heterocycles. The quantitative estimate of drug-likeness (QED) is 0.573. The molecule has 0 spiro atoms. The number of furan rings is 1. The fraction of sp³-hybridized carbons (Fsp3) is 0.0625. The molecule has 0 bridgehead atoms. The highest BCUT2D eigenvalue weighted by atomic mass is 35.5. The van der Waals surface area contributed by atoms with Gasteiger partial charge in [-0.25, -0.2) is 10.4 Å². The smallest absolute Gasteiger partial charge is 0.252 e. The van der Waals surface area contributed by atoms with Crippen LogP contribution in [0, 0.1) is 18.3 Å². The number of nitrogens with zero attached hydrogens (tertiary/aromatic N) is 3. The minimum absolute atomic E-state index is 0.154. The third-order valence-electron chi connectivity index (χ3n) is 2.95. The first-order valence-electron chi connectivity index (χ1n) is 6.68. The first-order valence-corrected chi connectivity index (χ1v) is 7.06. The zero-order valence-electron chi connectivity index (χ0n) is 12.1. The van der Waals surface area contributed by atoms with Gasteiger partial charge in [-0.15, -0.1) is 0 Å². The Hall–Kier alpha value is -3.04. The fourth-order valence-electron chi connectivity index (χ4n) is 1.92. The highest BCUT2D eigenvalue weighted by molar-refractivity contribution is 6.30. The summed E-state index contributed by atoms with van der Waals surface area (Å²) in [6.07, 6.45) is 1.48. The van der Waals surface area contributed by atoms with Crippen LogP contribution in [0.3, 0.4) is 0 Å². The van der Waals surface area contributed by atoms with E-state index in [4.69, 9.17) is 25.7 Å². The normalized spacial score (nSPS) is 10.8. The van der Waals surface area contributed by atoms with Crippen molar-refractivity contribution in [3.8, 4) is 17.4 Å². The number of hydrazone groups is 1. The fourth-order valence-corrected chi connectivity index (χ4v) is 2.05. The lowest BCUT2D eigenvalue weighted by molar-refractivity contribution is 0.533. The number of hydrogen-bond acceptors (Lipinski definition) is 6. The van der Waals surface area contributed by atoms with Crippen LogP contribution in [0.5, 0.6) is 0 Å². The van der Waals surface area contributed by atoms with Crippen molar-refractivity contribution < 1.29 is 8.83 Å². The summed E-state index contributed by atoms with van der Waals surface area (Å²) in [6.45, 7) is 1.65. The largest absolute Gasteiger partial charge is 0.455 e. The first-order chi connectivity index (χ1) is 11.2. The predicted molar refractivity (Wildman–Crippen MR) is 86.3 cm³/mol. The van der Waals surface area contributed by atoms with Crippen molar-refractivity contribution in [3.05, 3.63) is 58.8 Å². The van der Waals surface area contributed by atoms with E-state index in [0.29, 0.717) is 22.4 Å². The molecule has 0 aliphatic heterocycles. The van der Waals surface area contributed by atoms with Gasteiger partial charge in [0, 0.05) is 17.5 Å². The molecule has 114 valence electrons. The van der Waals surface area contributed by atoms with Crippen LogP contribution in [0.4, 0.5) is 5.88 Å². The number of hydrogen-bond donors (Lipinski definition) is 1. The SMILES string of the molecule is Cc1nc(C#N)c(NN=Cc2ccc(-c3ccc(Cl)cc3)o2)o1. The van der Waals surface area contributed by atoms with Crippen molar-refractivity contribution in [2.75, 3.05) is 5.43 Å². The Morgan fingerprint density at radius 3 is 2.74 bits per heavy atom. The summed E-state index contributed by atoms with van der Waals surface area (Å²) in [6, 6.07) is 12.9. The molecule has 0 fully saturated rings. The molecule has 0 amide bonds. The summed E-state index contributed by atoms with van der Waals surface area (Å²) in [4.78, 5) is 3.91. The molecule has 0 radical (unpaired) electrons. The topological polar surface area (TPSA) is 87.4 Å². The summed E-state index contributed by atoms with van der Waals surface area (Å²) in [5.74, 6) is 1.85. The van der Waals surface area contributed by atoms with Gasteiger partial charge >= 0.3 is 0 Å². The molecule has 1 N–H and O–H groups in total. The number of oxazole rings is 1. The molecule has 6 nitrogen and oxygen atoms in total. The third-order valence-corrected chi connectivity index (χ3v) is 3.21.